The van der Waals surface area contributed by atoms with E-state index in [4.69, 9.17) is 14.7 Å². The average Bonchev–Trinajstić information content (AvgIpc) is 3.66. The van der Waals surface area contributed by atoms with Crippen LogP contribution in [-0.2, 0) is 5.66 Å². The predicted octanol–water partition coefficient (Wildman–Crippen LogP) is 6.25. The maximum Gasteiger partial charge on any atom is 0.372 e. The zero-order valence-electron chi connectivity index (χ0n) is 21.5. The van der Waals surface area contributed by atoms with Crippen LogP contribution >= 0.6 is 0 Å². The standard InChI is InChI=1S/C35H17N5O/c1-2-7-19-18(6-1)20-11-13-25-29-27(20)32-21(19)8-5-17-38(32)35(29)30-26(41-25)14-12-22-28(30)34-39(33-31(22)36-15-16-37-33)23-9-3-4-10-24(23)40(34)35/h1-17H/q+2. The second kappa shape index (κ2) is 5.93. The summed E-state index contributed by atoms with van der Waals surface area (Å²) in [4.78, 5) is 9.78. The third-order valence-electron chi connectivity index (χ3n) is 9.82. The van der Waals surface area contributed by atoms with Crippen molar-refractivity contribution in [3.05, 3.63) is 115 Å². The Kier molecular flexibility index (Phi) is 2.81. The summed E-state index contributed by atoms with van der Waals surface area (Å²) in [7, 11) is 0. The molecule has 6 nitrogen and oxygen atoms in total. The summed E-state index contributed by atoms with van der Waals surface area (Å²) in [5.74, 6) is 1.80. The van der Waals surface area contributed by atoms with Gasteiger partial charge in [0.15, 0.2) is 17.2 Å². The molecular formula is C35H17N5O+2. The number of fused-ring (bicyclic) bond motifs is 9. The van der Waals surface area contributed by atoms with Crippen LogP contribution in [0.5, 0.6) is 11.5 Å². The second-order valence-corrected chi connectivity index (χ2v) is 11.4. The van der Waals surface area contributed by atoms with Crippen molar-refractivity contribution in [3.63, 3.8) is 0 Å². The third kappa shape index (κ3) is 1.75. The second-order valence-electron chi connectivity index (χ2n) is 11.4. The van der Waals surface area contributed by atoms with E-state index in [1.54, 1.807) is 12.4 Å². The highest BCUT2D eigenvalue weighted by Crippen LogP contribution is 2.58. The molecule has 1 spiro atoms. The number of rotatable bonds is 0. The first kappa shape index (κ1) is 19.4. The molecule has 41 heavy (non-hydrogen) atoms. The first-order valence-electron chi connectivity index (χ1n) is 13.9. The van der Waals surface area contributed by atoms with Crippen molar-refractivity contribution in [2.75, 3.05) is 0 Å². The third-order valence-corrected chi connectivity index (χ3v) is 9.82. The van der Waals surface area contributed by atoms with Gasteiger partial charge in [0.1, 0.15) is 28.1 Å². The summed E-state index contributed by atoms with van der Waals surface area (Å²) in [5.41, 5.74) is 8.14. The van der Waals surface area contributed by atoms with E-state index in [1.165, 1.54) is 49.0 Å². The summed E-state index contributed by atoms with van der Waals surface area (Å²) in [6.45, 7) is 0. The highest BCUT2D eigenvalue weighted by atomic mass is 16.5. The molecule has 3 aliphatic heterocycles. The van der Waals surface area contributed by atoms with Gasteiger partial charge in [0, 0.05) is 23.8 Å². The fourth-order valence-corrected chi connectivity index (χ4v) is 8.57. The lowest BCUT2D eigenvalue weighted by atomic mass is 9.85. The van der Waals surface area contributed by atoms with Crippen molar-refractivity contribution in [3.8, 4) is 11.5 Å². The van der Waals surface area contributed by atoms with E-state index in [1.807, 2.05) is 0 Å². The summed E-state index contributed by atoms with van der Waals surface area (Å²) in [5, 5.41) is 8.59. The molecule has 1 atom stereocenters. The summed E-state index contributed by atoms with van der Waals surface area (Å²) < 4.78 is 14.2. The van der Waals surface area contributed by atoms with Crippen LogP contribution in [0.15, 0.2) is 104 Å². The van der Waals surface area contributed by atoms with Gasteiger partial charge in [-0.3, -0.25) is 0 Å². The van der Waals surface area contributed by atoms with Crippen molar-refractivity contribution >= 4 is 71.1 Å². The predicted molar refractivity (Wildman–Crippen MR) is 157 cm³/mol. The monoisotopic (exact) mass is 523 g/mol. The molecule has 9 aromatic rings. The smallest absolute Gasteiger partial charge is 0.372 e. The Balaban J connectivity index is 1.48. The van der Waals surface area contributed by atoms with Gasteiger partial charge < -0.3 is 4.74 Å². The molecule has 186 valence electrons. The molecule has 0 aliphatic carbocycles. The Labute approximate surface area is 230 Å². The maximum absolute atomic E-state index is 6.84. The van der Waals surface area contributed by atoms with Gasteiger partial charge in [0.05, 0.1) is 16.2 Å². The van der Waals surface area contributed by atoms with Gasteiger partial charge in [-0.25, -0.2) is 9.97 Å². The summed E-state index contributed by atoms with van der Waals surface area (Å²) in [6, 6.07) is 30.7. The van der Waals surface area contributed by atoms with Crippen molar-refractivity contribution in [1.29, 1.82) is 0 Å². The van der Waals surface area contributed by atoms with E-state index in [-0.39, 0.29) is 0 Å². The Morgan fingerprint density at radius 2 is 1.39 bits per heavy atom. The number of para-hydroxylation sites is 2. The number of hydrogen-bond donors (Lipinski definition) is 0. The maximum atomic E-state index is 6.84. The van der Waals surface area contributed by atoms with Gasteiger partial charge in [-0.15, -0.1) is 9.13 Å². The molecular weight excluding hydrogens is 506 g/mol. The van der Waals surface area contributed by atoms with E-state index in [0.29, 0.717) is 0 Å². The molecule has 4 aromatic heterocycles. The summed E-state index contributed by atoms with van der Waals surface area (Å²) >= 11 is 0. The van der Waals surface area contributed by atoms with Gasteiger partial charge in [-0.05, 0) is 58.6 Å². The Morgan fingerprint density at radius 1 is 0.659 bits per heavy atom. The number of ether oxygens (including phenoxy) is 1. The van der Waals surface area contributed by atoms with Gasteiger partial charge in [-0.2, -0.15) is 4.40 Å². The number of pyridine rings is 2. The van der Waals surface area contributed by atoms with E-state index >= 15 is 0 Å². The molecule has 0 radical (unpaired) electrons. The Hall–Kier alpha value is -5.62. The molecule has 0 N–H and O–H groups in total. The van der Waals surface area contributed by atoms with Crippen molar-refractivity contribution in [1.82, 2.24) is 14.4 Å². The molecule has 6 heteroatoms. The van der Waals surface area contributed by atoms with Crippen LogP contribution in [0.25, 0.3) is 71.1 Å². The molecule has 1 unspecified atom stereocenters. The number of imidazole rings is 1. The Bertz CT molecular complexity index is 2800. The van der Waals surface area contributed by atoms with E-state index in [2.05, 4.69) is 105 Å². The highest BCUT2D eigenvalue weighted by Gasteiger charge is 2.68. The van der Waals surface area contributed by atoms with E-state index in [9.17, 15) is 0 Å². The van der Waals surface area contributed by atoms with Crippen LogP contribution in [0, 0.1) is 0 Å². The quantitative estimate of drug-likeness (QED) is 0.174. The Morgan fingerprint density at radius 3 is 2.29 bits per heavy atom. The minimum atomic E-state index is -0.658. The van der Waals surface area contributed by atoms with Crippen LogP contribution in [0.3, 0.4) is 0 Å². The molecule has 0 fully saturated rings. The lowest BCUT2D eigenvalue weighted by Crippen LogP contribution is -2.72. The normalized spacial score (nSPS) is 17.6. The minimum Gasteiger partial charge on any atom is -0.456 e. The van der Waals surface area contributed by atoms with Crippen molar-refractivity contribution in [2.45, 2.75) is 5.66 Å². The zero-order chi connectivity index (χ0) is 26.2. The van der Waals surface area contributed by atoms with E-state index < -0.39 is 5.66 Å². The molecule has 0 amide bonds. The SMILES string of the molecule is c1ccc2c(c1)c1ccc3c4c1c1c2ccc[n+]1C41c2c(ccc4c5nccnc5n5c6ccccc6[n+]1c5c24)O3. The summed E-state index contributed by atoms with van der Waals surface area (Å²) in [6.07, 6.45) is 5.85. The fourth-order valence-electron chi connectivity index (χ4n) is 8.57. The molecule has 0 saturated heterocycles. The largest absolute Gasteiger partial charge is 0.456 e. The molecule has 7 heterocycles. The first-order valence-corrected chi connectivity index (χ1v) is 13.9. The van der Waals surface area contributed by atoms with Crippen molar-refractivity contribution in [2.24, 2.45) is 0 Å². The molecule has 5 aromatic carbocycles. The van der Waals surface area contributed by atoms with Gasteiger partial charge in [0.25, 0.3) is 5.65 Å². The molecule has 0 bridgehead atoms. The first-order chi connectivity index (χ1) is 20.4. The van der Waals surface area contributed by atoms with E-state index in [0.717, 1.165) is 44.7 Å². The minimum absolute atomic E-state index is 0.658. The van der Waals surface area contributed by atoms with Crippen LogP contribution in [0.1, 0.15) is 11.1 Å². The van der Waals surface area contributed by atoms with Crippen LogP contribution in [0.4, 0.5) is 0 Å². The van der Waals surface area contributed by atoms with Gasteiger partial charge in [-0.1, -0.05) is 36.4 Å². The number of aromatic nitrogens is 5. The lowest BCUT2D eigenvalue weighted by molar-refractivity contribution is -0.934. The fraction of sp³-hybridized carbons (Fsp3) is 0.0286. The molecule has 3 aliphatic rings. The number of hydrogen-bond acceptors (Lipinski definition) is 3. The number of nitrogens with zero attached hydrogens (tertiary/aromatic N) is 5. The molecule has 0 saturated carbocycles. The van der Waals surface area contributed by atoms with Gasteiger partial charge in [0.2, 0.25) is 5.52 Å². The highest BCUT2D eigenvalue weighted by molar-refractivity contribution is 6.26. The lowest BCUT2D eigenvalue weighted by Gasteiger charge is -2.28. The number of benzene rings is 5. The average molecular weight is 524 g/mol. The topological polar surface area (TPSA) is 47.2 Å². The van der Waals surface area contributed by atoms with Gasteiger partial charge >= 0.3 is 11.3 Å². The molecule has 12 rings (SSSR count). The zero-order valence-corrected chi connectivity index (χ0v) is 21.5. The van der Waals surface area contributed by atoms with Crippen LogP contribution in [0.2, 0.25) is 0 Å². The van der Waals surface area contributed by atoms with Crippen LogP contribution in [-0.4, -0.2) is 14.4 Å². The van der Waals surface area contributed by atoms with Crippen molar-refractivity contribution < 1.29 is 13.9 Å². The van der Waals surface area contributed by atoms with Crippen LogP contribution < -0.4 is 13.9 Å².